The lowest BCUT2D eigenvalue weighted by atomic mass is 10.2. The molecular formula is C16H22ClN3O. The second-order valence-corrected chi connectivity index (χ2v) is 5.27. The average molecular weight is 308 g/mol. The lowest BCUT2D eigenvalue weighted by molar-refractivity contribution is 0.291. The van der Waals surface area contributed by atoms with Crippen LogP contribution in [-0.4, -0.2) is 16.1 Å². The third-order valence-corrected chi connectivity index (χ3v) is 3.62. The normalized spacial score (nSPS) is 10.8. The summed E-state index contributed by atoms with van der Waals surface area (Å²) in [6.07, 6.45) is 4.77. The van der Waals surface area contributed by atoms with E-state index in [4.69, 9.17) is 16.3 Å². The molecule has 114 valence electrons. The van der Waals surface area contributed by atoms with Crippen LogP contribution in [0.2, 0.25) is 5.02 Å². The third-order valence-electron chi connectivity index (χ3n) is 3.27. The standard InChI is InChI=1S/C16H22ClN3O/c1-3-8-20-12-19-9-13(20)11-21-16-7-5-6-15(17)14(16)10-18-4-2/h5-7,9,12,18H,3-4,8,10-11H2,1-2H3. The van der Waals surface area contributed by atoms with Crippen LogP contribution in [0.15, 0.2) is 30.7 Å². The molecule has 1 aromatic carbocycles. The van der Waals surface area contributed by atoms with Crippen molar-refractivity contribution in [2.45, 2.75) is 40.0 Å². The molecule has 21 heavy (non-hydrogen) atoms. The van der Waals surface area contributed by atoms with Crippen LogP contribution in [0.3, 0.4) is 0 Å². The van der Waals surface area contributed by atoms with Gasteiger partial charge in [0.1, 0.15) is 12.4 Å². The Morgan fingerprint density at radius 3 is 2.95 bits per heavy atom. The molecule has 5 heteroatoms. The molecule has 1 N–H and O–H groups in total. The van der Waals surface area contributed by atoms with Gasteiger partial charge in [-0.1, -0.05) is 31.5 Å². The maximum atomic E-state index is 6.27. The minimum atomic E-state index is 0.499. The maximum absolute atomic E-state index is 6.27. The number of aromatic nitrogens is 2. The fourth-order valence-corrected chi connectivity index (χ4v) is 2.39. The fraction of sp³-hybridized carbons (Fsp3) is 0.438. The Labute approximate surface area is 131 Å². The molecular weight excluding hydrogens is 286 g/mol. The van der Waals surface area contributed by atoms with E-state index < -0.39 is 0 Å². The molecule has 0 aliphatic rings. The Kier molecular flexibility index (Phi) is 6.08. The van der Waals surface area contributed by atoms with Crippen LogP contribution in [0.25, 0.3) is 0 Å². The zero-order valence-electron chi connectivity index (χ0n) is 12.6. The number of hydrogen-bond acceptors (Lipinski definition) is 3. The van der Waals surface area contributed by atoms with E-state index in [2.05, 4.69) is 28.7 Å². The van der Waals surface area contributed by atoms with Crippen LogP contribution in [0.5, 0.6) is 5.75 Å². The van der Waals surface area contributed by atoms with Crippen molar-refractivity contribution >= 4 is 11.6 Å². The van der Waals surface area contributed by atoms with Crippen molar-refractivity contribution in [1.29, 1.82) is 0 Å². The number of ether oxygens (including phenoxy) is 1. The molecule has 0 saturated heterocycles. The lowest BCUT2D eigenvalue weighted by Gasteiger charge is -2.14. The Balaban J connectivity index is 2.08. The highest BCUT2D eigenvalue weighted by molar-refractivity contribution is 6.31. The van der Waals surface area contributed by atoms with E-state index in [0.29, 0.717) is 13.2 Å². The van der Waals surface area contributed by atoms with Gasteiger partial charge in [-0.25, -0.2) is 4.98 Å². The van der Waals surface area contributed by atoms with Gasteiger partial charge in [-0.15, -0.1) is 0 Å². The molecule has 0 aliphatic heterocycles. The summed E-state index contributed by atoms with van der Waals surface area (Å²) in [4.78, 5) is 4.19. The molecule has 1 aromatic heterocycles. The highest BCUT2D eigenvalue weighted by Gasteiger charge is 2.09. The minimum absolute atomic E-state index is 0.499. The van der Waals surface area contributed by atoms with Gasteiger partial charge in [-0.2, -0.15) is 0 Å². The summed E-state index contributed by atoms with van der Waals surface area (Å²) < 4.78 is 8.08. The van der Waals surface area contributed by atoms with Crippen molar-refractivity contribution in [3.63, 3.8) is 0 Å². The molecule has 0 spiro atoms. The first-order valence-corrected chi connectivity index (χ1v) is 7.74. The number of aryl methyl sites for hydroxylation is 1. The van der Waals surface area contributed by atoms with E-state index in [9.17, 15) is 0 Å². The summed E-state index contributed by atoms with van der Waals surface area (Å²) in [5, 5.41) is 4.02. The first kappa shape index (κ1) is 15.9. The Morgan fingerprint density at radius 2 is 2.19 bits per heavy atom. The Morgan fingerprint density at radius 1 is 1.33 bits per heavy atom. The average Bonchev–Trinajstić information content (AvgIpc) is 2.92. The van der Waals surface area contributed by atoms with Gasteiger partial charge in [0, 0.05) is 23.7 Å². The highest BCUT2D eigenvalue weighted by atomic mass is 35.5. The van der Waals surface area contributed by atoms with Crippen molar-refractivity contribution in [2.75, 3.05) is 6.54 Å². The smallest absolute Gasteiger partial charge is 0.130 e. The molecule has 0 radical (unpaired) electrons. The topological polar surface area (TPSA) is 39.1 Å². The molecule has 2 aromatic rings. The van der Waals surface area contributed by atoms with E-state index in [1.54, 1.807) is 0 Å². The first-order valence-electron chi connectivity index (χ1n) is 7.36. The van der Waals surface area contributed by atoms with Gasteiger partial charge in [-0.05, 0) is 25.1 Å². The molecule has 0 unspecified atom stereocenters. The van der Waals surface area contributed by atoms with Gasteiger partial charge >= 0.3 is 0 Å². The summed E-state index contributed by atoms with van der Waals surface area (Å²) in [6.45, 7) is 7.28. The van der Waals surface area contributed by atoms with Gasteiger partial charge in [0.2, 0.25) is 0 Å². The molecule has 1 heterocycles. The molecule has 0 amide bonds. The SMILES string of the molecule is CCCn1cncc1COc1cccc(Cl)c1CNCC. The van der Waals surface area contributed by atoms with Gasteiger partial charge in [0.15, 0.2) is 0 Å². The molecule has 0 bridgehead atoms. The molecule has 4 nitrogen and oxygen atoms in total. The lowest BCUT2D eigenvalue weighted by Crippen LogP contribution is -2.13. The van der Waals surface area contributed by atoms with Crippen molar-refractivity contribution in [3.05, 3.63) is 47.0 Å². The predicted molar refractivity (Wildman–Crippen MR) is 85.7 cm³/mol. The van der Waals surface area contributed by atoms with Crippen LogP contribution >= 0.6 is 11.6 Å². The van der Waals surface area contributed by atoms with E-state index >= 15 is 0 Å². The largest absolute Gasteiger partial charge is 0.487 e. The summed E-state index contributed by atoms with van der Waals surface area (Å²) >= 11 is 6.27. The minimum Gasteiger partial charge on any atom is -0.487 e. The van der Waals surface area contributed by atoms with Crippen molar-refractivity contribution in [2.24, 2.45) is 0 Å². The Bertz CT molecular complexity index is 568. The summed E-state index contributed by atoms with van der Waals surface area (Å²) in [6, 6.07) is 5.76. The van der Waals surface area contributed by atoms with Crippen LogP contribution in [-0.2, 0) is 19.7 Å². The van der Waals surface area contributed by atoms with E-state index in [1.807, 2.05) is 30.7 Å². The van der Waals surface area contributed by atoms with E-state index in [1.165, 1.54) is 0 Å². The molecule has 0 saturated carbocycles. The van der Waals surface area contributed by atoms with Gasteiger partial charge in [0.25, 0.3) is 0 Å². The number of nitrogens with one attached hydrogen (secondary N) is 1. The van der Waals surface area contributed by atoms with Crippen molar-refractivity contribution in [3.8, 4) is 5.75 Å². The second kappa shape index (κ2) is 8.05. The van der Waals surface area contributed by atoms with Gasteiger partial charge < -0.3 is 14.6 Å². The zero-order chi connectivity index (χ0) is 15.1. The molecule has 2 rings (SSSR count). The van der Waals surface area contributed by atoms with Gasteiger partial charge in [-0.3, -0.25) is 0 Å². The number of halogens is 1. The molecule has 0 fully saturated rings. The van der Waals surface area contributed by atoms with Crippen molar-refractivity contribution in [1.82, 2.24) is 14.9 Å². The van der Waals surface area contributed by atoms with Crippen LogP contribution in [0, 0.1) is 0 Å². The number of imidazole rings is 1. The Hall–Kier alpha value is -1.52. The number of benzene rings is 1. The quantitative estimate of drug-likeness (QED) is 0.809. The monoisotopic (exact) mass is 307 g/mol. The molecule has 0 aliphatic carbocycles. The summed E-state index contributed by atoms with van der Waals surface area (Å²) in [5.41, 5.74) is 2.08. The third kappa shape index (κ3) is 4.22. The number of nitrogens with zero attached hydrogens (tertiary/aromatic N) is 2. The molecule has 0 atom stereocenters. The van der Waals surface area contributed by atoms with E-state index in [-0.39, 0.29) is 0 Å². The highest BCUT2D eigenvalue weighted by Crippen LogP contribution is 2.27. The maximum Gasteiger partial charge on any atom is 0.130 e. The van der Waals surface area contributed by atoms with E-state index in [0.717, 1.165) is 41.5 Å². The van der Waals surface area contributed by atoms with Gasteiger partial charge in [0.05, 0.1) is 18.2 Å². The predicted octanol–water partition coefficient (Wildman–Crippen LogP) is 3.64. The van der Waals surface area contributed by atoms with Crippen LogP contribution in [0.4, 0.5) is 0 Å². The number of hydrogen-bond donors (Lipinski definition) is 1. The summed E-state index contributed by atoms with van der Waals surface area (Å²) in [7, 11) is 0. The van der Waals surface area contributed by atoms with Crippen molar-refractivity contribution < 1.29 is 4.74 Å². The number of rotatable bonds is 8. The zero-order valence-corrected chi connectivity index (χ0v) is 13.4. The van der Waals surface area contributed by atoms with Crippen LogP contribution < -0.4 is 10.1 Å². The first-order chi connectivity index (χ1) is 10.3. The fourth-order valence-electron chi connectivity index (χ4n) is 2.16. The summed E-state index contributed by atoms with van der Waals surface area (Å²) in [5.74, 6) is 0.827. The van der Waals surface area contributed by atoms with Crippen LogP contribution in [0.1, 0.15) is 31.5 Å². The second-order valence-electron chi connectivity index (χ2n) is 4.86.